The summed E-state index contributed by atoms with van der Waals surface area (Å²) in [5.41, 5.74) is -0.0703. The molecule has 6 heteroatoms. The minimum Gasteiger partial charge on any atom is -0.497 e. The maximum atomic E-state index is 11.8. The first kappa shape index (κ1) is 13.2. The summed E-state index contributed by atoms with van der Waals surface area (Å²) >= 11 is 5.81. The Kier molecular flexibility index (Phi) is 3.87. The molecule has 0 aliphatic heterocycles. The number of nitrogens with one attached hydrogen (secondary N) is 1. The topological polar surface area (TPSA) is 68.4 Å². The molecule has 0 aliphatic carbocycles. The van der Waals surface area contributed by atoms with Crippen molar-refractivity contribution in [3.8, 4) is 11.5 Å². The quantitative estimate of drug-likeness (QED) is 0.875. The van der Waals surface area contributed by atoms with Gasteiger partial charge in [-0.05, 0) is 24.3 Å². The zero-order chi connectivity index (χ0) is 13.8. The Morgan fingerprint density at radius 1 is 1.26 bits per heavy atom. The fraction of sp³-hybridized carbons (Fsp3) is 0.0769. The number of aromatic nitrogens is 1. The lowest BCUT2D eigenvalue weighted by atomic mass is 10.2. The zero-order valence-corrected chi connectivity index (χ0v) is 10.7. The zero-order valence-electron chi connectivity index (χ0n) is 9.98. The molecule has 0 bridgehead atoms. The lowest BCUT2D eigenvalue weighted by molar-refractivity contribution is 0.0734. The third kappa shape index (κ3) is 3.14. The van der Waals surface area contributed by atoms with Crippen molar-refractivity contribution < 1.29 is 14.3 Å². The van der Waals surface area contributed by atoms with Gasteiger partial charge in [0, 0.05) is 12.3 Å². The van der Waals surface area contributed by atoms with Gasteiger partial charge in [0.05, 0.1) is 17.7 Å². The number of rotatable bonds is 3. The van der Waals surface area contributed by atoms with E-state index in [0.29, 0.717) is 11.3 Å². The number of carbonyl (C=O) groups excluding carboxylic acids is 1. The maximum Gasteiger partial charge on any atom is 0.343 e. The highest BCUT2D eigenvalue weighted by Crippen LogP contribution is 2.22. The van der Waals surface area contributed by atoms with Crippen LogP contribution in [0.25, 0.3) is 0 Å². The molecular weight excluding hydrogens is 270 g/mol. The minimum absolute atomic E-state index is 0.0197. The van der Waals surface area contributed by atoms with Crippen LogP contribution < -0.4 is 15.0 Å². The first-order valence-electron chi connectivity index (χ1n) is 5.34. The molecule has 0 saturated carbocycles. The van der Waals surface area contributed by atoms with Crippen LogP contribution in [-0.4, -0.2) is 18.1 Å². The second kappa shape index (κ2) is 5.58. The molecule has 98 valence electrons. The lowest BCUT2D eigenvalue weighted by Crippen LogP contribution is -2.11. The number of halogens is 1. The molecule has 0 spiro atoms. The molecule has 0 aliphatic rings. The molecular formula is C13H10ClNO4. The van der Waals surface area contributed by atoms with E-state index in [2.05, 4.69) is 4.98 Å². The van der Waals surface area contributed by atoms with E-state index in [-0.39, 0.29) is 10.8 Å². The van der Waals surface area contributed by atoms with Crippen molar-refractivity contribution in [2.24, 2.45) is 0 Å². The number of hydrogen-bond donors (Lipinski definition) is 1. The van der Waals surface area contributed by atoms with E-state index in [1.807, 2.05) is 0 Å². The van der Waals surface area contributed by atoms with Gasteiger partial charge in [0.15, 0.2) is 5.75 Å². The number of methoxy groups -OCH3 is 1. The molecule has 1 heterocycles. The third-order valence-electron chi connectivity index (χ3n) is 2.37. The number of carbonyl (C=O) groups is 1. The van der Waals surface area contributed by atoms with Gasteiger partial charge in [0.1, 0.15) is 5.75 Å². The maximum absolute atomic E-state index is 11.8. The molecule has 1 aromatic carbocycles. The number of esters is 1. The average Bonchev–Trinajstić information content (AvgIpc) is 2.43. The van der Waals surface area contributed by atoms with Crippen LogP contribution in [0.2, 0.25) is 5.02 Å². The van der Waals surface area contributed by atoms with E-state index < -0.39 is 11.5 Å². The Balaban J connectivity index is 2.20. The summed E-state index contributed by atoms with van der Waals surface area (Å²) in [5.74, 6) is 0.0483. The molecule has 0 amide bonds. The molecule has 0 fully saturated rings. The number of H-pyrrole nitrogens is 1. The van der Waals surface area contributed by atoms with Crippen LogP contribution in [0.4, 0.5) is 0 Å². The number of pyridine rings is 1. The third-order valence-corrected chi connectivity index (χ3v) is 2.66. The highest BCUT2D eigenvalue weighted by Gasteiger charge is 2.11. The summed E-state index contributed by atoms with van der Waals surface area (Å²) in [7, 11) is 1.53. The first-order chi connectivity index (χ1) is 9.10. The Labute approximate surface area is 113 Å². The van der Waals surface area contributed by atoms with Gasteiger partial charge in [-0.3, -0.25) is 4.79 Å². The fourth-order valence-corrected chi connectivity index (χ4v) is 1.55. The van der Waals surface area contributed by atoms with E-state index in [1.165, 1.54) is 13.3 Å². The van der Waals surface area contributed by atoms with Gasteiger partial charge in [-0.1, -0.05) is 11.6 Å². The molecule has 5 nitrogen and oxygen atoms in total. The number of hydrogen-bond acceptors (Lipinski definition) is 4. The van der Waals surface area contributed by atoms with Crippen molar-refractivity contribution in [2.75, 3.05) is 7.11 Å². The van der Waals surface area contributed by atoms with Crippen molar-refractivity contribution in [3.63, 3.8) is 0 Å². The van der Waals surface area contributed by atoms with Crippen LogP contribution in [0.15, 0.2) is 41.3 Å². The lowest BCUT2D eigenvalue weighted by Gasteiger charge is -2.06. The Hall–Kier alpha value is -2.27. The molecule has 1 aromatic heterocycles. The van der Waals surface area contributed by atoms with Crippen molar-refractivity contribution in [1.29, 1.82) is 0 Å². The van der Waals surface area contributed by atoms with Crippen molar-refractivity contribution in [1.82, 2.24) is 4.98 Å². The van der Waals surface area contributed by atoms with Crippen LogP contribution in [0.3, 0.4) is 0 Å². The summed E-state index contributed by atoms with van der Waals surface area (Å²) < 4.78 is 10.0. The molecule has 0 unspecified atom stereocenters. The van der Waals surface area contributed by atoms with Crippen molar-refractivity contribution >= 4 is 17.6 Å². The molecule has 0 radical (unpaired) electrons. The van der Waals surface area contributed by atoms with E-state index in [0.717, 1.165) is 6.07 Å². The smallest absolute Gasteiger partial charge is 0.343 e. The first-order valence-corrected chi connectivity index (χ1v) is 5.72. The van der Waals surface area contributed by atoms with Gasteiger partial charge in [0.25, 0.3) is 5.56 Å². The summed E-state index contributed by atoms with van der Waals surface area (Å²) in [6.45, 7) is 0. The van der Waals surface area contributed by atoms with E-state index in [9.17, 15) is 9.59 Å². The Bertz CT molecular complexity index is 648. The van der Waals surface area contributed by atoms with Crippen LogP contribution in [0.1, 0.15) is 10.4 Å². The summed E-state index contributed by atoms with van der Waals surface area (Å²) in [6, 6.07) is 7.50. The van der Waals surface area contributed by atoms with E-state index >= 15 is 0 Å². The van der Waals surface area contributed by atoms with Crippen molar-refractivity contribution in [2.45, 2.75) is 0 Å². The highest BCUT2D eigenvalue weighted by molar-refractivity contribution is 6.32. The van der Waals surface area contributed by atoms with Gasteiger partial charge in [-0.15, -0.1) is 0 Å². The Morgan fingerprint density at radius 2 is 1.95 bits per heavy atom. The molecule has 2 rings (SSSR count). The minimum atomic E-state index is -0.602. The summed E-state index contributed by atoms with van der Waals surface area (Å²) in [6.07, 6.45) is 1.26. The van der Waals surface area contributed by atoms with Gasteiger partial charge >= 0.3 is 5.97 Å². The predicted molar refractivity (Wildman–Crippen MR) is 70.0 cm³/mol. The fourth-order valence-electron chi connectivity index (χ4n) is 1.40. The Morgan fingerprint density at radius 3 is 2.58 bits per heavy atom. The number of aromatic amines is 1. The predicted octanol–water partition coefficient (Wildman–Crippen LogP) is 2.26. The highest BCUT2D eigenvalue weighted by atomic mass is 35.5. The van der Waals surface area contributed by atoms with Crippen molar-refractivity contribution in [3.05, 3.63) is 57.5 Å². The average molecular weight is 280 g/mol. The van der Waals surface area contributed by atoms with Crippen LogP contribution in [-0.2, 0) is 0 Å². The number of benzene rings is 1. The van der Waals surface area contributed by atoms with Gasteiger partial charge in [0.2, 0.25) is 0 Å². The van der Waals surface area contributed by atoms with Crippen LogP contribution in [0.5, 0.6) is 11.5 Å². The second-order valence-corrected chi connectivity index (χ2v) is 4.03. The summed E-state index contributed by atoms with van der Waals surface area (Å²) in [5, 5.41) is 0.154. The standard InChI is InChI=1S/C13H10ClNO4/c1-18-9-4-2-8(3-5-9)13(17)19-11-6-12(16)15-7-10(11)14/h2-7H,1H3,(H,15,16). The van der Waals surface area contributed by atoms with Gasteiger partial charge in [-0.25, -0.2) is 4.79 Å². The normalized spacial score (nSPS) is 10.0. The van der Waals surface area contributed by atoms with E-state index in [4.69, 9.17) is 21.1 Å². The largest absolute Gasteiger partial charge is 0.497 e. The molecule has 0 saturated heterocycles. The number of ether oxygens (including phenoxy) is 2. The molecule has 19 heavy (non-hydrogen) atoms. The molecule has 1 N–H and O–H groups in total. The summed E-state index contributed by atoms with van der Waals surface area (Å²) in [4.78, 5) is 25.3. The van der Waals surface area contributed by atoms with Gasteiger partial charge in [-0.2, -0.15) is 0 Å². The van der Waals surface area contributed by atoms with E-state index in [1.54, 1.807) is 24.3 Å². The molecule has 0 atom stereocenters. The monoisotopic (exact) mass is 279 g/mol. The SMILES string of the molecule is COc1ccc(C(=O)Oc2cc(=O)[nH]cc2Cl)cc1. The van der Waals surface area contributed by atoms with Gasteiger partial charge < -0.3 is 14.5 Å². The van der Waals surface area contributed by atoms with Crippen LogP contribution in [0, 0.1) is 0 Å². The molecule has 2 aromatic rings. The van der Waals surface area contributed by atoms with Crippen LogP contribution >= 0.6 is 11.6 Å². The second-order valence-electron chi connectivity index (χ2n) is 3.63.